The van der Waals surface area contributed by atoms with E-state index in [-0.39, 0.29) is 45.7 Å². The number of aromatic nitrogens is 2. The highest BCUT2D eigenvalue weighted by Gasteiger charge is 2.27. The lowest BCUT2D eigenvalue weighted by Crippen LogP contribution is -2.20. The van der Waals surface area contributed by atoms with E-state index in [0.717, 1.165) is 6.07 Å². The van der Waals surface area contributed by atoms with Crippen LogP contribution in [0.3, 0.4) is 0 Å². The molecule has 3 aromatic rings. The minimum absolute atomic E-state index is 0.0249. The summed E-state index contributed by atoms with van der Waals surface area (Å²) in [5.74, 6) is -1.18. The summed E-state index contributed by atoms with van der Waals surface area (Å²) >= 11 is 5.79. The van der Waals surface area contributed by atoms with E-state index >= 15 is 0 Å². The highest BCUT2D eigenvalue weighted by Crippen LogP contribution is 2.36. The smallest absolute Gasteiger partial charge is 0.357 e. The summed E-state index contributed by atoms with van der Waals surface area (Å²) in [7, 11) is 2.79. The van der Waals surface area contributed by atoms with Crippen LogP contribution in [0.4, 0.5) is 21.6 Å². The lowest BCUT2D eigenvalue weighted by atomic mass is 10.0. The van der Waals surface area contributed by atoms with Crippen LogP contribution >= 0.6 is 11.6 Å². The maximum atomic E-state index is 14.1. The van der Waals surface area contributed by atoms with Crippen LogP contribution in [0.15, 0.2) is 54.6 Å². The molecule has 8 nitrogen and oxygen atoms in total. The Morgan fingerprint density at radius 2 is 1.97 bits per heavy atom. The van der Waals surface area contributed by atoms with Crippen molar-refractivity contribution in [3.05, 3.63) is 86.8 Å². The van der Waals surface area contributed by atoms with Gasteiger partial charge in [0.05, 0.1) is 17.1 Å². The number of nitrogens with zero attached hydrogens (tertiary/aromatic N) is 4. The fraction of sp³-hybridized carbons (Fsp3) is 0.174. The molecule has 3 rings (SSSR count). The second kappa shape index (κ2) is 9.74. The number of halogens is 2. The van der Waals surface area contributed by atoms with E-state index in [1.54, 1.807) is 32.2 Å². The van der Waals surface area contributed by atoms with Gasteiger partial charge >= 0.3 is 5.97 Å². The monoisotopic (exact) mass is 470 g/mol. The molecule has 0 N–H and O–H groups in total. The van der Waals surface area contributed by atoms with E-state index < -0.39 is 16.7 Å². The molecule has 33 heavy (non-hydrogen) atoms. The summed E-state index contributed by atoms with van der Waals surface area (Å²) < 4.78 is 19.0. The first-order valence-electron chi connectivity index (χ1n) is 9.70. The number of nitro benzene ring substituents is 1. The number of anilines is 2. The molecule has 2 aromatic carbocycles. The zero-order valence-corrected chi connectivity index (χ0v) is 18.9. The van der Waals surface area contributed by atoms with Crippen molar-refractivity contribution < 1.29 is 18.8 Å². The van der Waals surface area contributed by atoms with Crippen molar-refractivity contribution in [2.45, 2.75) is 13.3 Å². The molecule has 0 saturated heterocycles. The first-order chi connectivity index (χ1) is 15.6. The summed E-state index contributed by atoms with van der Waals surface area (Å²) in [6.07, 6.45) is 0.208. The maximum absolute atomic E-state index is 14.1. The van der Waals surface area contributed by atoms with Crippen molar-refractivity contribution in [3.63, 3.8) is 0 Å². The topological polar surface area (TPSA) is 98.5 Å². The third kappa shape index (κ3) is 4.98. The van der Waals surface area contributed by atoms with Crippen LogP contribution in [0.1, 0.15) is 23.0 Å². The molecule has 0 aliphatic carbocycles. The van der Waals surface area contributed by atoms with Crippen LogP contribution in [-0.4, -0.2) is 35.0 Å². The van der Waals surface area contributed by atoms with Gasteiger partial charge < -0.3 is 9.64 Å². The fourth-order valence-electron chi connectivity index (χ4n) is 3.26. The zero-order valence-electron chi connectivity index (χ0n) is 18.1. The predicted molar refractivity (Wildman–Crippen MR) is 123 cm³/mol. The van der Waals surface area contributed by atoms with Crippen molar-refractivity contribution in [1.82, 2.24) is 9.97 Å². The van der Waals surface area contributed by atoms with Crippen LogP contribution in [0.2, 0.25) is 5.02 Å². The number of allylic oxidation sites excluding steroid dienone is 1. The minimum atomic E-state index is -0.735. The summed E-state index contributed by atoms with van der Waals surface area (Å²) in [6, 6.07) is 10.1. The average molecular weight is 471 g/mol. The van der Waals surface area contributed by atoms with Crippen molar-refractivity contribution in [1.29, 1.82) is 0 Å². The molecule has 0 radical (unpaired) electrons. The van der Waals surface area contributed by atoms with Gasteiger partial charge in [0, 0.05) is 24.2 Å². The molecule has 1 aromatic heterocycles. The predicted octanol–water partition coefficient (Wildman–Crippen LogP) is 5.52. The Morgan fingerprint density at radius 1 is 1.27 bits per heavy atom. The standard InChI is InChI=1S/C23H20ClFN4O4/c1-13(2)11-15-20(23(30)33-4)26-21(14-9-10-16(24)17(25)12-14)27-22(15)28(3)18-7-5-6-8-19(18)29(31)32/h5-10,12H,1,11H2,2-4H3. The van der Waals surface area contributed by atoms with E-state index in [4.69, 9.17) is 16.3 Å². The molecular formula is C23H20ClFN4O4. The first-order valence-corrected chi connectivity index (χ1v) is 10.1. The number of carbonyl (C=O) groups excluding carboxylic acids is 1. The number of esters is 1. The Kier molecular flexibility index (Phi) is 7.03. The summed E-state index contributed by atoms with van der Waals surface area (Å²) in [6.45, 7) is 5.66. The normalized spacial score (nSPS) is 10.6. The number of nitro groups is 1. The molecule has 0 fully saturated rings. The van der Waals surface area contributed by atoms with Gasteiger partial charge in [0.15, 0.2) is 11.5 Å². The van der Waals surface area contributed by atoms with Gasteiger partial charge in [-0.05, 0) is 37.6 Å². The van der Waals surface area contributed by atoms with E-state index in [2.05, 4.69) is 16.5 Å². The number of carbonyl (C=O) groups is 1. The molecule has 0 unspecified atom stereocenters. The SMILES string of the molecule is C=C(C)Cc1c(C(=O)OC)nc(-c2ccc(Cl)c(F)c2)nc1N(C)c1ccccc1[N+](=O)[O-]. The molecule has 0 amide bonds. The summed E-state index contributed by atoms with van der Waals surface area (Å²) in [4.78, 5) is 34.1. The largest absolute Gasteiger partial charge is 0.464 e. The van der Waals surface area contributed by atoms with Gasteiger partial charge in [-0.2, -0.15) is 0 Å². The van der Waals surface area contributed by atoms with Gasteiger partial charge in [-0.1, -0.05) is 35.9 Å². The minimum Gasteiger partial charge on any atom is -0.464 e. The Balaban J connectivity index is 2.34. The third-order valence-corrected chi connectivity index (χ3v) is 5.08. The van der Waals surface area contributed by atoms with Crippen LogP contribution < -0.4 is 4.90 Å². The van der Waals surface area contributed by atoms with Gasteiger partial charge in [0.25, 0.3) is 5.69 Å². The second-order valence-corrected chi connectivity index (χ2v) is 7.66. The molecule has 0 atom stereocenters. The lowest BCUT2D eigenvalue weighted by molar-refractivity contribution is -0.384. The highest BCUT2D eigenvalue weighted by atomic mass is 35.5. The Hall–Kier alpha value is -3.85. The van der Waals surface area contributed by atoms with Crippen LogP contribution in [0, 0.1) is 15.9 Å². The lowest BCUT2D eigenvalue weighted by Gasteiger charge is -2.23. The molecule has 0 aliphatic rings. The number of benzene rings is 2. The molecule has 0 saturated carbocycles. The number of ether oxygens (including phenoxy) is 1. The summed E-state index contributed by atoms with van der Waals surface area (Å²) in [5, 5.41) is 11.5. The molecule has 170 valence electrons. The Bertz CT molecular complexity index is 1270. The van der Waals surface area contributed by atoms with Crippen molar-refractivity contribution in [3.8, 4) is 11.4 Å². The van der Waals surface area contributed by atoms with Gasteiger partial charge in [0.1, 0.15) is 17.3 Å². The van der Waals surface area contributed by atoms with E-state index in [1.165, 1.54) is 30.2 Å². The molecule has 0 bridgehead atoms. The molecule has 0 spiro atoms. The van der Waals surface area contributed by atoms with Gasteiger partial charge in [-0.15, -0.1) is 0 Å². The molecular weight excluding hydrogens is 451 g/mol. The van der Waals surface area contributed by atoms with Crippen LogP contribution in [0.5, 0.6) is 0 Å². The number of methoxy groups -OCH3 is 1. The third-order valence-electron chi connectivity index (χ3n) is 4.78. The van der Waals surface area contributed by atoms with Gasteiger partial charge in [0.2, 0.25) is 0 Å². The molecule has 0 aliphatic heterocycles. The Morgan fingerprint density at radius 3 is 2.58 bits per heavy atom. The van der Waals surface area contributed by atoms with Crippen molar-refractivity contribution in [2.75, 3.05) is 19.1 Å². The molecule has 10 heteroatoms. The van der Waals surface area contributed by atoms with Crippen molar-refractivity contribution in [2.24, 2.45) is 0 Å². The number of hydrogen-bond donors (Lipinski definition) is 0. The second-order valence-electron chi connectivity index (χ2n) is 7.26. The van der Waals surface area contributed by atoms with Crippen LogP contribution in [-0.2, 0) is 11.2 Å². The van der Waals surface area contributed by atoms with E-state index in [0.29, 0.717) is 11.1 Å². The average Bonchev–Trinajstić information content (AvgIpc) is 2.79. The van der Waals surface area contributed by atoms with Gasteiger partial charge in [-0.25, -0.2) is 19.2 Å². The van der Waals surface area contributed by atoms with Gasteiger partial charge in [-0.3, -0.25) is 10.1 Å². The molecule has 1 heterocycles. The summed E-state index contributed by atoms with van der Waals surface area (Å²) in [5.41, 5.74) is 1.37. The van der Waals surface area contributed by atoms with Crippen LogP contribution in [0.25, 0.3) is 11.4 Å². The van der Waals surface area contributed by atoms with E-state index in [1.807, 2.05) is 0 Å². The number of hydrogen-bond acceptors (Lipinski definition) is 7. The highest BCUT2D eigenvalue weighted by molar-refractivity contribution is 6.30. The first kappa shape index (κ1) is 23.8. The quantitative estimate of drug-likeness (QED) is 0.194. The van der Waals surface area contributed by atoms with E-state index in [9.17, 15) is 19.3 Å². The zero-order chi connectivity index (χ0) is 24.3. The van der Waals surface area contributed by atoms with Crippen molar-refractivity contribution >= 4 is 34.8 Å². The number of para-hydroxylation sites is 2. The Labute approximate surface area is 194 Å². The number of rotatable bonds is 7. The fourth-order valence-corrected chi connectivity index (χ4v) is 3.38. The maximum Gasteiger partial charge on any atom is 0.357 e.